The second-order valence-electron chi connectivity index (χ2n) is 5.84. The van der Waals surface area contributed by atoms with Gasteiger partial charge in [0.1, 0.15) is 0 Å². The summed E-state index contributed by atoms with van der Waals surface area (Å²) in [6.45, 7) is 6.64. The van der Waals surface area contributed by atoms with Crippen molar-refractivity contribution in [2.75, 3.05) is 0 Å². The summed E-state index contributed by atoms with van der Waals surface area (Å²) in [5, 5.41) is 0. The topological polar surface area (TPSA) is 0 Å². The highest BCUT2D eigenvalue weighted by Gasteiger charge is 2.22. The molecule has 0 N–H and O–H groups in total. The smallest absolute Gasteiger partial charge is 0.0295 e. The van der Waals surface area contributed by atoms with E-state index in [1.165, 1.54) is 16.7 Å². The van der Waals surface area contributed by atoms with Gasteiger partial charge in [0.2, 0.25) is 0 Å². The average Bonchev–Trinajstić information content (AvgIpc) is 2.75. The van der Waals surface area contributed by atoms with Crippen molar-refractivity contribution in [1.82, 2.24) is 0 Å². The van der Waals surface area contributed by atoms with E-state index in [0.717, 1.165) is 12.8 Å². The first kappa shape index (κ1) is 16.3. The van der Waals surface area contributed by atoms with E-state index >= 15 is 0 Å². The molecule has 0 saturated heterocycles. The highest BCUT2D eigenvalue weighted by Crippen LogP contribution is 2.32. The fraction of sp³-hybridized carbons (Fsp3) is 0.273. The zero-order valence-electron chi connectivity index (χ0n) is 13.9. The zero-order chi connectivity index (χ0) is 15.8. The third kappa shape index (κ3) is 3.98. The lowest BCUT2D eigenvalue weighted by Crippen LogP contribution is -2.16. The summed E-state index contributed by atoms with van der Waals surface area (Å²) in [6.07, 6.45) is 20.1. The van der Waals surface area contributed by atoms with Crippen LogP contribution in [0.4, 0.5) is 0 Å². The number of hydrogen-bond donors (Lipinski definition) is 0. The molecule has 1 aromatic carbocycles. The molecule has 0 amide bonds. The molecule has 0 heterocycles. The Balaban J connectivity index is 2.46. The summed E-state index contributed by atoms with van der Waals surface area (Å²) >= 11 is 0. The van der Waals surface area contributed by atoms with Crippen LogP contribution in [-0.4, -0.2) is 0 Å². The molecule has 0 bridgehead atoms. The molecule has 1 aromatic rings. The Morgan fingerprint density at radius 2 is 1.82 bits per heavy atom. The molecular weight excluding hydrogens is 264 g/mol. The minimum absolute atomic E-state index is 0.0764. The molecule has 114 valence electrons. The Kier molecular flexibility index (Phi) is 5.77. The highest BCUT2D eigenvalue weighted by atomic mass is 14.3. The third-order valence-corrected chi connectivity index (χ3v) is 3.97. The molecule has 0 heteroatoms. The van der Waals surface area contributed by atoms with E-state index in [-0.39, 0.29) is 5.41 Å². The van der Waals surface area contributed by atoms with Gasteiger partial charge in [-0.1, -0.05) is 92.8 Å². The third-order valence-electron chi connectivity index (χ3n) is 3.97. The van der Waals surface area contributed by atoms with Crippen LogP contribution in [-0.2, 0) is 5.41 Å². The minimum atomic E-state index is -0.0764. The Morgan fingerprint density at radius 3 is 2.50 bits per heavy atom. The summed E-state index contributed by atoms with van der Waals surface area (Å²) in [5.41, 5.74) is 3.85. The SMILES string of the molecule is CC/C=C\C(=C/CC)C1=CC(C)(c2ccccc2)C=CC=C1. The molecule has 22 heavy (non-hydrogen) atoms. The molecule has 0 aliphatic heterocycles. The maximum atomic E-state index is 2.38. The van der Waals surface area contributed by atoms with Crippen LogP contribution in [0.15, 0.2) is 90.1 Å². The Morgan fingerprint density at radius 1 is 1.05 bits per heavy atom. The van der Waals surface area contributed by atoms with Gasteiger partial charge < -0.3 is 0 Å². The molecule has 2 rings (SSSR count). The van der Waals surface area contributed by atoms with E-state index < -0.39 is 0 Å². The van der Waals surface area contributed by atoms with Gasteiger partial charge in [-0.2, -0.15) is 0 Å². The lowest BCUT2D eigenvalue weighted by molar-refractivity contribution is 0.755. The van der Waals surface area contributed by atoms with Gasteiger partial charge in [0.05, 0.1) is 0 Å². The number of benzene rings is 1. The van der Waals surface area contributed by atoms with E-state index in [2.05, 4.69) is 99.7 Å². The largest absolute Gasteiger partial charge is 0.0842 e. The summed E-state index contributed by atoms with van der Waals surface area (Å²) in [5.74, 6) is 0. The summed E-state index contributed by atoms with van der Waals surface area (Å²) in [7, 11) is 0. The van der Waals surface area contributed by atoms with Crippen molar-refractivity contribution in [3.63, 3.8) is 0 Å². The van der Waals surface area contributed by atoms with E-state index in [1.54, 1.807) is 0 Å². The molecule has 1 unspecified atom stereocenters. The van der Waals surface area contributed by atoms with Crippen molar-refractivity contribution in [3.05, 3.63) is 95.6 Å². The van der Waals surface area contributed by atoms with Crippen molar-refractivity contribution in [3.8, 4) is 0 Å². The molecule has 0 aromatic heterocycles. The molecule has 0 nitrogen and oxygen atoms in total. The predicted molar refractivity (Wildman–Crippen MR) is 98.0 cm³/mol. The molecular formula is C22H26. The Labute approximate surface area is 135 Å². The van der Waals surface area contributed by atoms with Crippen LogP contribution >= 0.6 is 0 Å². The van der Waals surface area contributed by atoms with Crippen LogP contribution in [0.2, 0.25) is 0 Å². The average molecular weight is 290 g/mol. The van der Waals surface area contributed by atoms with Crippen LogP contribution in [0.25, 0.3) is 0 Å². The molecule has 0 fully saturated rings. The van der Waals surface area contributed by atoms with Gasteiger partial charge in [-0.3, -0.25) is 0 Å². The predicted octanol–water partition coefficient (Wildman–Crippen LogP) is 6.30. The Bertz CT molecular complexity index is 623. The van der Waals surface area contributed by atoms with Crippen molar-refractivity contribution in [2.24, 2.45) is 0 Å². The van der Waals surface area contributed by atoms with Crippen LogP contribution in [0.5, 0.6) is 0 Å². The lowest BCUT2D eigenvalue weighted by atomic mass is 9.80. The first-order valence-corrected chi connectivity index (χ1v) is 8.21. The van der Waals surface area contributed by atoms with Crippen molar-refractivity contribution in [1.29, 1.82) is 0 Å². The van der Waals surface area contributed by atoms with Gasteiger partial charge in [-0.25, -0.2) is 0 Å². The van der Waals surface area contributed by atoms with E-state index in [0.29, 0.717) is 0 Å². The van der Waals surface area contributed by atoms with Crippen molar-refractivity contribution >= 4 is 0 Å². The quantitative estimate of drug-likeness (QED) is 0.558. The number of hydrogen-bond acceptors (Lipinski definition) is 0. The van der Waals surface area contributed by atoms with Crippen LogP contribution in [0.1, 0.15) is 39.2 Å². The second kappa shape index (κ2) is 7.79. The minimum Gasteiger partial charge on any atom is -0.0842 e. The monoisotopic (exact) mass is 290 g/mol. The second-order valence-corrected chi connectivity index (χ2v) is 5.84. The molecule has 0 spiro atoms. The van der Waals surface area contributed by atoms with Crippen LogP contribution in [0.3, 0.4) is 0 Å². The van der Waals surface area contributed by atoms with Gasteiger partial charge in [0, 0.05) is 5.41 Å². The van der Waals surface area contributed by atoms with Gasteiger partial charge in [0.25, 0.3) is 0 Å². The molecule has 1 atom stereocenters. The van der Waals surface area contributed by atoms with Gasteiger partial charge >= 0.3 is 0 Å². The van der Waals surface area contributed by atoms with Gasteiger partial charge in [-0.15, -0.1) is 0 Å². The summed E-state index contributed by atoms with van der Waals surface area (Å²) < 4.78 is 0. The normalized spacial score (nSPS) is 22.0. The molecule has 0 saturated carbocycles. The lowest BCUT2D eigenvalue weighted by Gasteiger charge is -2.23. The Hall–Kier alpha value is -2.08. The van der Waals surface area contributed by atoms with Crippen molar-refractivity contribution < 1.29 is 0 Å². The molecule has 1 aliphatic rings. The maximum absolute atomic E-state index is 2.38. The van der Waals surface area contributed by atoms with E-state index in [9.17, 15) is 0 Å². The zero-order valence-corrected chi connectivity index (χ0v) is 13.9. The van der Waals surface area contributed by atoms with Gasteiger partial charge in [-0.05, 0) is 36.5 Å². The fourth-order valence-corrected chi connectivity index (χ4v) is 2.74. The number of allylic oxidation sites excluding steroid dienone is 10. The van der Waals surface area contributed by atoms with E-state index in [4.69, 9.17) is 0 Å². The van der Waals surface area contributed by atoms with Crippen LogP contribution < -0.4 is 0 Å². The summed E-state index contributed by atoms with van der Waals surface area (Å²) in [4.78, 5) is 0. The maximum Gasteiger partial charge on any atom is 0.0295 e. The molecule has 0 radical (unpaired) electrons. The standard InChI is InChI=1S/C22H26/c1-4-6-13-19(12-5-2)20-14-10-11-17-22(3,18-20)21-15-8-7-9-16-21/h6-18H,4-5H2,1-3H3/b13-6-,19-12+. The van der Waals surface area contributed by atoms with E-state index in [1.807, 2.05) is 0 Å². The first-order chi connectivity index (χ1) is 10.7. The highest BCUT2D eigenvalue weighted by molar-refractivity contribution is 5.53. The van der Waals surface area contributed by atoms with Crippen LogP contribution in [0, 0.1) is 0 Å². The summed E-state index contributed by atoms with van der Waals surface area (Å²) in [6, 6.07) is 10.7. The van der Waals surface area contributed by atoms with Crippen molar-refractivity contribution in [2.45, 2.75) is 39.0 Å². The number of rotatable bonds is 5. The first-order valence-electron chi connectivity index (χ1n) is 8.21. The molecule has 1 aliphatic carbocycles. The van der Waals surface area contributed by atoms with Gasteiger partial charge in [0.15, 0.2) is 0 Å². The fourth-order valence-electron chi connectivity index (χ4n) is 2.74.